The predicted molar refractivity (Wildman–Crippen MR) is 97.2 cm³/mol. The third kappa shape index (κ3) is 2.93. The summed E-state index contributed by atoms with van der Waals surface area (Å²) in [6.07, 6.45) is 2.17. The van der Waals surface area contributed by atoms with E-state index in [2.05, 4.69) is 60.6 Å². The number of tetrazole rings is 1. The van der Waals surface area contributed by atoms with Crippen LogP contribution in [0.15, 0.2) is 54.1 Å². The lowest BCUT2D eigenvalue weighted by molar-refractivity contribution is 0.145. The van der Waals surface area contributed by atoms with Crippen LogP contribution in [0.25, 0.3) is 17.5 Å². The first-order chi connectivity index (χ1) is 12.0. The van der Waals surface area contributed by atoms with Gasteiger partial charge in [-0.15, -0.1) is 5.10 Å². The molecular weight excluding hydrogens is 312 g/mol. The van der Waals surface area contributed by atoms with Crippen LogP contribution in [0, 0.1) is 0 Å². The topological polar surface area (TPSA) is 52.8 Å². The zero-order chi connectivity index (χ0) is 17.4. The highest BCUT2D eigenvalue weighted by molar-refractivity contribution is 5.70. The van der Waals surface area contributed by atoms with E-state index >= 15 is 0 Å². The Balaban J connectivity index is 1.70. The van der Waals surface area contributed by atoms with Crippen molar-refractivity contribution >= 4 is 6.08 Å². The first-order valence-corrected chi connectivity index (χ1v) is 8.35. The number of aromatic nitrogens is 4. The lowest BCUT2D eigenvalue weighted by Gasteiger charge is -2.32. The molecule has 1 aliphatic heterocycles. The molecule has 0 fully saturated rings. The second kappa shape index (κ2) is 5.84. The Kier molecular flexibility index (Phi) is 3.64. The number of ether oxygens (including phenoxy) is 1. The summed E-state index contributed by atoms with van der Waals surface area (Å²) in [7, 11) is 0. The average Bonchev–Trinajstić information content (AvgIpc) is 3.04. The predicted octanol–water partition coefficient (Wildman–Crippen LogP) is 3.96. The van der Waals surface area contributed by atoms with E-state index in [1.165, 1.54) is 5.57 Å². The summed E-state index contributed by atoms with van der Waals surface area (Å²) in [6, 6.07) is 16.3. The smallest absolute Gasteiger partial charge is 0.182 e. The van der Waals surface area contributed by atoms with Crippen LogP contribution in [0.5, 0.6) is 5.75 Å². The Bertz CT molecular complexity index is 941. The molecule has 5 heteroatoms. The van der Waals surface area contributed by atoms with Gasteiger partial charge in [0.05, 0.1) is 6.54 Å². The van der Waals surface area contributed by atoms with E-state index in [4.69, 9.17) is 4.74 Å². The molecule has 126 valence electrons. The molecule has 0 bridgehead atoms. The van der Waals surface area contributed by atoms with E-state index in [1.54, 1.807) is 0 Å². The summed E-state index contributed by atoms with van der Waals surface area (Å²) in [5.41, 5.74) is 4.12. The largest absolute Gasteiger partial charge is 0.483 e. The molecule has 4 rings (SSSR count). The van der Waals surface area contributed by atoms with E-state index in [0.29, 0.717) is 6.54 Å². The zero-order valence-corrected chi connectivity index (χ0v) is 14.6. The van der Waals surface area contributed by atoms with Crippen molar-refractivity contribution in [2.24, 2.45) is 0 Å². The highest BCUT2D eigenvalue weighted by Crippen LogP contribution is 2.37. The molecule has 1 aliphatic rings. The highest BCUT2D eigenvalue weighted by Gasteiger charge is 2.27. The monoisotopic (exact) mass is 332 g/mol. The van der Waals surface area contributed by atoms with Gasteiger partial charge in [-0.05, 0) is 66.6 Å². The lowest BCUT2D eigenvalue weighted by Crippen LogP contribution is -2.31. The van der Waals surface area contributed by atoms with Gasteiger partial charge in [0.15, 0.2) is 5.82 Å². The van der Waals surface area contributed by atoms with Crippen molar-refractivity contribution < 1.29 is 4.74 Å². The van der Waals surface area contributed by atoms with Crippen LogP contribution in [0.3, 0.4) is 0 Å². The molecule has 0 unspecified atom stereocenters. The van der Waals surface area contributed by atoms with Crippen LogP contribution in [-0.2, 0) is 6.54 Å². The Morgan fingerprint density at radius 2 is 1.88 bits per heavy atom. The van der Waals surface area contributed by atoms with Gasteiger partial charge in [-0.3, -0.25) is 0 Å². The van der Waals surface area contributed by atoms with E-state index in [1.807, 2.05) is 35.0 Å². The van der Waals surface area contributed by atoms with Crippen molar-refractivity contribution in [1.82, 2.24) is 20.2 Å². The molecule has 0 radical (unpaired) electrons. The number of benzene rings is 2. The molecule has 0 saturated carbocycles. The summed E-state index contributed by atoms with van der Waals surface area (Å²) >= 11 is 0. The van der Waals surface area contributed by atoms with Crippen molar-refractivity contribution in [3.8, 4) is 17.1 Å². The molecule has 0 amide bonds. The zero-order valence-electron chi connectivity index (χ0n) is 14.6. The minimum Gasteiger partial charge on any atom is -0.483 e. The van der Waals surface area contributed by atoms with Crippen LogP contribution >= 0.6 is 0 Å². The average molecular weight is 332 g/mol. The van der Waals surface area contributed by atoms with Gasteiger partial charge in [0.2, 0.25) is 0 Å². The van der Waals surface area contributed by atoms with Gasteiger partial charge in [0.1, 0.15) is 11.4 Å². The van der Waals surface area contributed by atoms with Crippen molar-refractivity contribution in [3.05, 3.63) is 65.2 Å². The van der Waals surface area contributed by atoms with Gasteiger partial charge in [-0.25, -0.2) is 4.68 Å². The second-order valence-corrected chi connectivity index (χ2v) is 6.84. The summed E-state index contributed by atoms with van der Waals surface area (Å²) in [4.78, 5) is 0. The number of fused-ring (bicyclic) bond motifs is 1. The number of rotatable bonds is 3. The summed E-state index contributed by atoms with van der Waals surface area (Å²) in [6.45, 7) is 6.89. The Labute approximate surface area is 147 Å². The molecule has 1 aromatic heterocycles. The molecule has 0 aliphatic carbocycles. The van der Waals surface area contributed by atoms with Gasteiger partial charge < -0.3 is 4.74 Å². The van der Waals surface area contributed by atoms with Gasteiger partial charge in [-0.2, -0.15) is 0 Å². The van der Waals surface area contributed by atoms with Crippen LogP contribution in [0.4, 0.5) is 0 Å². The molecule has 0 atom stereocenters. The van der Waals surface area contributed by atoms with Crippen LogP contribution in [0.1, 0.15) is 31.9 Å². The number of hydrogen-bond donors (Lipinski definition) is 0. The first-order valence-electron chi connectivity index (χ1n) is 8.35. The fourth-order valence-corrected chi connectivity index (χ4v) is 2.93. The summed E-state index contributed by atoms with van der Waals surface area (Å²) in [5, 5.41) is 12.2. The second-order valence-electron chi connectivity index (χ2n) is 6.84. The molecule has 0 spiro atoms. The fraction of sp³-hybridized carbons (Fsp3) is 0.250. The van der Waals surface area contributed by atoms with Gasteiger partial charge >= 0.3 is 0 Å². The number of nitrogens with zero attached hydrogens (tertiary/aromatic N) is 4. The van der Waals surface area contributed by atoms with E-state index in [9.17, 15) is 0 Å². The van der Waals surface area contributed by atoms with Crippen LogP contribution in [-0.4, -0.2) is 25.8 Å². The van der Waals surface area contributed by atoms with E-state index < -0.39 is 0 Å². The molecule has 5 nitrogen and oxygen atoms in total. The maximum atomic E-state index is 6.10. The third-order valence-corrected chi connectivity index (χ3v) is 4.66. The fourth-order valence-electron chi connectivity index (χ4n) is 2.93. The summed E-state index contributed by atoms with van der Waals surface area (Å²) in [5.74, 6) is 1.64. The Hall–Kier alpha value is -2.95. The normalized spacial score (nSPS) is 15.2. The van der Waals surface area contributed by atoms with Crippen LogP contribution in [0.2, 0.25) is 0 Å². The first kappa shape index (κ1) is 15.6. The molecule has 0 N–H and O–H groups in total. The van der Waals surface area contributed by atoms with Crippen molar-refractivity contribution in [1.29, 1.82) is 0 Å². The minimum absolute atomic E-state index is 0.274. The van der Waals surface area contributed by atoms with Crippen molar-refractivity contribution in [3.63, 3.8) is 0 Å². The van der Waals surface area contributed by atoms with Gasteiger partial charge in [-0.1, -0.05) is 30.3 Å². The van der Waals surface area contributed by atoms with Crippen molar-refractivity contribution in [2.75, 3.05) is 0 Å². The van der Waals surface area contributed by atoms with Crippen LogP contribution < -0.4 is 4.74 Å². The summed E-state index contributed by atoms with van der Waals surface area (Å²) < 4.78 is 7.92. The van der Waals surface area contributed by atoms with E-state index in [0.717, 1.165) is 28.3 Å². The third-order valence-electron chi connectivity index (χ3n) is 4.66. The SMILES string of the molecule is CC1=Cc2cc(-c3nnnn3Cc3ccccc3)ccc2OC1(C)C. The Morgan fingerprint density at radius 3 is 2.68 bits per heavy atom. The standard InChI is InChI=1S/C20H20N4O/c1-14-11-17-12-16(9-10-18(17)25-20(14,2)3)19-21-22-23-24(19)13-15-7-5-4-6-8-15/h4-12H,13H2,1-3H3. The van der Waals surface area contributed by atoms with Crippen molar-refractivity contribution in [2.45, 2.75) is 32.9 Å². The molecule has 2 heterocycles. The Morgan fingerprint density at radius 1 is 1.08 bits per heavy atom. The molecule has 0 saturated heterocycles. The maximum Gasteiger partial charge on any atom is 0.182 e. The van der Waals surface area contributed by atoms with Gasteiger partial charge in [0, 0.05) is 11.1 Å². The molecule has 3 aromatic rings. The maximum absolute atomic E-state index is 6.10. The molecule has 2 aromatic carbocycles. The molecule has 25 heavy (non-hydrogen) atoms. The quantitative estimate of drug-likeness (QED) is 0.728. The highest BCUT2D eigenvalue weighted by atomic mass is 16.5. The van der Waals surface area contributed by atoms with E-state index in [-0.39, 0.29) is 5.60 Å². The van der Waals surface area contributed by atoms with Gasteiger partial charge in [0.25, 0.3) is 0 Å². The lowest BCUT2D eigenvalue weighted by atomic mass is 9.93. The number of hydrogen-bond acceptors (Lipinski definition) is 4. The minimum atomic E-state index is -0.274. The molecular formula is C20H20N4O.